The molecule has 1 fully saturated rings. The summed E-state index contributed by atoms with van der Waals surface area (Å²) in [6.45, 7) is -2.59. The van der Waals surface area contributed by atoms with Gasteiger partial charge in [-0.1, -0.05) is 0 Å². The Balaban J connectivity index is 0.000000505. The van der Waals surface area contributed by atoms with E-state index in [9.17, 15) is 9.59 Å². The Morgan fingerprint density at radius 3 is 2.29 bits per heavy atom. The van der Waals surface area contributed by atoms with Gasteiger partial charge in [-0.15, -0.1) is 10.2 Å². The molecule has 0 aromatic carbocycles. The third-order valence-corrected chi connectivity index (χ3v) is 2.02. The van der Waals surface area contributed by atoms with Gasteiger partial charge in [-0.05, 0) is 25.0 Å². The lowest BCUT2D eigenvalue weighted by Gasteiger charge is -2.01. The van der Waals surface area contributed by atoms with Crippen LogP contribution in [0.3, 0.4) is 0 Å². The Bertz CT molecular complexity index is 693. The highest BCUT2D eigenvalue weighted by Gasteiger charge is 2.27. The predicted octanol–water partition coefficient (Wildman–Crippen LogP) is -0.497. The van der Waals surface area contributed by atoms with Gasteiger partial charge in [0.2, 0.25) is 0 Å². The molecule has 1 aromatic heterocycles. The molecule has 1 aliphatic carbocycles. The molecular weight excluding hydrogens is 306 g/mol. The first-order valence-electron chi connectivity index (χ1n) is 6.92. The smallest absolute Gasteiger partial charge is 0.394 e. The lowest BCUT2D eigenvalue weighted by molar-refractivity contribution is 0.0463. The summed E-state index contributed by atoms with van der Waals surface area (Å²) in [5.41, 5.74) is -0.198. The zero-order chi connectivity index (χ0) is 18.5. The Kier molecular flexibility index (Phi) is 4.24. The molecule has 1 saturated carbocycles. The summed E-state index contributed by atoms with van der Waals surface area (Å²) in [6.07, 6.45) is 1.64. The Labute approximate surface area is 124 Å². The molecule has 1 aromatic rings. The van der Waals surface area contributed by atoms with Crippen LogP contribution in [0.15, 0.2) is 12.1 Å². The van der Waals surface area contributed by atoms with Gasteiger partial charge in [-0.3, -0.25) is 13.9 Å². The van der Waals surface area contributed by atoms with Crippen LogP contribution in [0.25, 0.3) is 0 Å². The summed E-state index contributed by atoms with van der Waals surface area (Å²) in [5.74, 6) is -1.48. The largest absolute Gasteiger partial charge is 0.458 e. The average molecular weight is 322 g/mol. The molecule has 0 atom stereocenters. The van der Waals surface area contributed by atoms with Crippen molar-refractivity contribution >= 4 is 22.3 Å². The van der Waals surface area contributed by atoms with Crippen LogP contribution in [0.5, 0.6) is 0 Å². The molecule has 0 radical (unpaired) electrons. The molecule has 116 valence electrons. The molecule has 1 amide bonds. The normalized spacial score (nSPS) is 16.4. The van der Waals surface area contributed by atoms with E-state index in [2.05, 4.69) is 10.2 Å². The SMILES string of the molecule is O=S(=O)(O)O.[2H]C([2H])([2H])NC(=O)c1ccc(C(=O)OC2CC2)nn1. The van der Waals surface area contributed by atoms with Crippen LogP contribution in [-0.2, 0) is 15.1 Å². The number of aromatic nitrogens is 2. The molecule has 0 bridgehead atoms. The summed E-state index contributed by atoms with van der Waals surface area (Å²) < 4.78 is 57.2. The zero-order valence-corrected chi connectivity index (χ0v) is 11.2. The van der Waals surface area contributed by atoms with Crippen molar-refractivity contribution in [2.75, 3.05) is 6.98 Å². The van der Waals surface area contributed by atoms with E-state index < -0.39 is 29.3 Å². The van der Waals surface area contributed by atoms with Crippen LogP contribution in [0.1, 0.15) is 37.9 Å². The first kappa shape index (κ1) is 12.6. The van der Waals surface area contributed by atoms with Crippen LogP contribution < -0.4 is 5.32 Å². The second-order valence-corrected chi connectivity index (χ2v) is 4.71. The highest BCUT2D eigenvalue weighted by molar-refractivity contribution is 7.79. The van der Waals surface area contributed by atoms with Crippen molar-refractivity contribution in [3.63, 3.8) is 0 Å². The van der Waals surface area contributed by atoms with E-state index in [1.165, 1.54) is 12.1 Å². The summed E-state index contributed by atoms with van der Waals surface area (Å²) in [4.78, 5) is 22.9. The monoisotopic (exact) mass is 322 g/mol. The summed E-state index contributed by atoms with van der Waals surface area (Å²) in [5, 5.41) is 8.81. The van der Waals surface area contributed by atoms with Crippen molar-refractivity contribution in [1.82, 2.24) is 15.5 Å². The number of esters is 1. The van der Waals surface area contributed by atoms with Gasteiger partial charge < -0.3 is 10.1 Å². The number of amides is 1. The van der Waals surface area contributed by atoms with Crippen LogP contribution in [0, 0.1) is 0 Å². The van der Waals surface area contributed by atoms with Crippen LogP contribution in [0.4, 0.5) is 0 Å². The third-order valence-electron chi connectivity index (χ3n) is 2.02. The van der Waals surface area contributed by atoms with Gasteiger partial charge >= 0.3 is 16.4 Å². The number of hydrogen-bond donors (Lipinski definition) is 3. The molecular formula is C10H13N3O7S. The molecule has 10 nitrogen and oxygen atoms in total. The van der Waals surface area contributed by atoms with Gasteiger partial charge in [0.25, 0.3) is 5.91 Å². The van der Waals surface area contributed by atoms with Crippen molar-refractivity contribution in [1.29, 1.82) is 0 Å². The number of carbonyl (C=O) groups is 2. The van der Waals surface area contributed by atoms with Gasteiger partial charge in [0, 0.05) is 11.1 Å². The molecule has 0 spiro atoms. The maximum absolute atomic E-state index is 11.5. The number of nitrogens with zero attached hydrogens (tertiary/aromatic N) is 2. The first-order valence-corrected chi connectivity index (χ1v) is 6.82. The lowest BCUT2D eigenvalue weighted by atomic mass is 10.3. The third kappa shape index (κ3) is 7.29. The van der Waals surface area contributed by atoms with Crippen LogP contribution in [0.2, 0.25) is 0 Å². The van der Waals surface area contributed by atoms with E-state index in [1.807, 2.05) is 0 Å². The maximum atomic E-state index is 11.5. The van der Waals surface area contributed by atoms with E-state index in [0.717, 1.165) is 12.8 Å². The second kappa shape index (κ2) is 7.06. The molecule has 0 unspecified atom stereocenters. The number of hydrogen-bond acceptors (Lipinski definition) is 7. The Morgan fingerprint density at radius 2 is 1.86 bits per heavy atom. The number of carbonyl (C=O) groups excluding carboxylic acids is 2. The van der Waals surface area contributed by atoms with Gasteiger partial charge in [0.1, 0.15) is 6.10 Å². The van der Waals surface area contributed by atoms with Gasteiger partial charge in [-0.25, -0.2) is 4.79 Å². The molecule has 1 aliphatic rings. The minimum atomic E-state index is -4.67. The summed E-state index contributed by atoms with van der Waals surface area (Å²) >= 11 is 0. The maximum Gasteiger partial charge on any atom is 0.394 e. The highest BCUT2D eigenvalue weighted by Crippen LogP contribution is 2.24. The van der Waals surface area contributed by atoms with Crippen molar-refractivity contribution in [2.45, 2.75) is 18.9 Å². The van der Waals surface area contributed by atoms with Crippen molar-refractivity contribution in [3.05, 3.63) is 23.5 Å². The molecule has 0 aliphatic heterocycles. The number of rotatable bonds is 3. The van der Waals surface area contributed by atoms with Crippen molar-refractivity contribution in [3.8, 4) is 0 Å². The van der Waals surface area contributed by atoms with Gasteiger partial charge in [-0.2, -0.15) is 8.42 Å². The highest BCUT2D eigenvalue weighted by atomic mass is 32.3. The summed E-state index contributed by atoms with van der Waals surface area (Å²) in [6, 6.07) is 2.49. The van der Waals surface area contributed by atoms with E-state index in [0.29, 0.717) is 0 Å². The van der Waals surface area contributed by atoms with Crippen LogP contribution >= 0.6 is 0 Å². The van der Waals surface area contributed by atoms with Crippen molar-refractivity contribution in [2.24, 2.45) is 0 Å². The standard InChI is InChI=1S/C10H11N3O3.H2O4S/c1-11-9(14)7-4-5-8(13-12-7)10(15)16-6-2-3-6;1-5(2,3)4/h4-6H,2-3H2,1H3,(H,11,14);(H2,1,2,3,4)/i1D3;. The minimum absolute atomic E-state index is 0.0164. The first-order chi connectivity index (χ1) is 10.8. The predicted molar refractivity (Wildman–Crippen MR) is 68.0 cm³/mol. The molecule has 1 heterocycles. The van der Waals surface area contributed by atoms with Gasteiger partial charge in [0.05, 0.1) is 0 Å². The van der Waals surface area contributed by atoms with E-state index in [1.54, 1.807) is 5.32 Å². The summed E-state index contributed by atoms with van der Waals surface area (Å²) in [7, 11) is -4.67. The van der Waals surface area contributed by atoms with Gasteiger partial charge in [0.15, 0.2) is 11.4 Å². The van der Waals surface area contributed by atoms with E-state index >= 15 is 0 Å². The fraction of sp³-hybridized carbons (Fsp3) is 0.400. The molecule has 3 N–H and O–H groups in total. The Hall–Kier alpha value is -2.11. The minimum Gasteiger partial charge on any atom is -0.458 e. The molecule has 21 heavy (non-hydrogen) atoms. The average Bonchev–Trinajstić information content (AvgIpc) is 3.19. The Morgan fingerprint density at radius 1 is 1.33 bits per heavy atom. The molecule has 0 saturated heterocycles. The lowest BCUT2D eigenvalue weighted by Crippen LogP contribution is -2.20. The second-order valence-electron chi connectivity index (χ2n) is 3.81. The number of ether oxygens (including phenoxy) is 1. The van der Waals surface area contributed by atoms with E-state index in [-0.39, 0.29) is 17.5 Å². The molecule has 11 heteroatoms. The fourth-order valence-corrected chi connectivity index (χ4v) is 1.02. The zero-order valence-electron chi connectivity index (χ0n) is 13.4. The number of nitrogens with one attached hydrogen (secondary N) is 1. The van der Waals surface area contributed by atoms with E-state index in [4.69, 9.17) is 26.4 Å². The van der Waals surface area contributed by atoms with Crippen molar-refractivity contribution < 1.29 is 36.0 Å². The molecule has 2 rings (SSSR count). The quantitative estimate of drug-likeness (QED) is 0.493. The van der Waals surface area contributed by atoms with Crippen LogP contribution in [-0.4, -0.2) is 52.7 Å². The fourth-order valence-electron chi connectivity index (χ4n) is 1.02. The topological polar surface area (TPSA) is 156 Å².